The maximum absolute atomic E-state index is 12.9. The van der Waals surface area contributed by atoms with E-state index in [0.29, 0.717) is 23.9 Å². The van der Waals surface area contributed by atoms with E-state index in [-0.39, 0.29) is 19.1 Å². The van der Waals surface area contributed by atoms with E-state index in [1.54, 1.807) is 0 Å². The third kappa shape index (κ3) is 40.9. The van der Waals surface area contributed by atoms with Crippen LogP contribution in [-0.2, 0) is 18.4 Å². The maximum Gasteiger partial charge on any atom is 0.472 e. The summed E-state index contributed by atoms with van der Waals surface area (Å²) in [5.74, 6) is -0.173. The summed E-state index contributed by atoms with van der Waals surface area (Å²) in [5, 5.41) is 14.0. The van der Waals surface area contributed by atoms with Crippen LogP contribution in [0.5, 0.6) is 0 Å². The third-order valence-corrected chi connectivity index (χ3v) is 11.4. The van der Waals surface area contributed by atoms with Crippen molar-refractivity contribution in [1.29, 1.82) is 0 Å². The Morgan fingerprint density at radius 3 is 1.55 bits per heavy atom. The average molecular weight is 812 g/mol. The maximum atomic E-state index is 12.9. The predicted molar refractivity (Wildman–Crippen MR) is 240 cm³/mol. The highest BCUT2D eigenvalue weighted by Gasteiger charge is 2.28. The third-order valence-electron chi connectivity index (χ3n) is 10.4. The van der Waals surface area contributed by atoms with Crippen LogP contribution < -0.4 is 5.32 Å². The van der Waals surface area contributed by atoms with Gasteiger partial charge >= 0.3 is 7.82 Å². The number of quaternary nitrogens is 1. The summed E-state index contributed by atoms with van der Waals surface area (Å²) in [4.78, 5) is 23.1. The molecule has 0 fully saturated rings. The number of allylic oxidation sites excluding steroid dienone is 6. The van der Waals surface area contributed by atoms with Gasteiger partial charge in [-0.05, 0) is 44.9 Å². The molecule has 0 heterocycles. The molecule has 0 aromatic carbocycles. The fraction of sp³-hybridized carbons (Fsp3) is 0.851. The molecule has 0 bridgehead atoms. The summed E-state index contributed by atoms with van der Waals surface area (Å²) in [5.41, 5.74) is 0. The lowest BCUT2D eigenvalue weighted by Crippen LogP contribution is -2.46. The first-order valence-electron chi connectivity index (χ1n) is 23.4. The molecule has 0 rings (SSSR count). The molecular weight excluding hydrogens is 719 g/mol. The SMILES string of the molecule is CC/C=C\C/C=C\C/C=C\CCCCCC(=O)NC(COP(=O)(O)OCC[N+](C)(C)C)C(O)CCCCCCCCCCCCCCCCCCCCCCC. The number of hydrogen-bond acceptors (Lipinski definition) is 5. The zero-order valence-electron chi connectivity index (χ0n) is 37.4. The van der Waals surface area contributed by atoms with Crippen molar-refractivity contribution in [1.82, 2.24) is 5.32 Å². The standard InChI is InChI=1S/C47H91N2O6P/c1-6-8-10-12-14-16-18-20-21-22-23-24-25-26-27-29-30-32-34-36-38-40-46(50)45(44-55-56(52,53)54-43-42-49(3,4)5)48-47(51)41-39-37-35-33-31-28-19-17-15-13-11-9-7-2/h9,11,15,17,28,31,45-46,50H,6-8,10,12-14,16,18-27,29-30,32-44H2,1-5H3,(H-,48,51,52,53)/p+1/b11-9-,17-15-,31-28-. The quantitative estimate of drug-likeness (QED) is 0.0245. The Morgan fingerprint density at radius 1 is 0.625 bits per heavy atom. The Hall–Kier alpha value is -1.28. The van der Waals surface area contributed by atoms with Crippen LogP contribution in [0.4, 0.5) is 0 Å². The van der Waals surface area contributed by atoms with Gasteiger partial charge in [-0.1, -0.05) is 192 Å². The molecule has 0 saturated heterocycles. The number of unbranched alkanes of at least 4 members (excludes halogenated alkanes) is 23. The number of aliphatic hydroxyl groups is 1. The molecular formula is C47H92N2O6P+. The molecule has 8 nitrogen and oxygen atoms in total. The van der Waals surface area contributed by atoms with E-state index >= 15 is 0 Å². The molecule has 0 aliphatic heterocycles. The van der Waals surface area contributed by atoms with Crippen LogP contribution in [0.25, 0.3) is 0 Å². The molecule has 330 valence electrons. The summed E-state index contributed by atoms with van der Waals surface area (Å²) < 4.78 is 23.6. The molecule has 3 unspecified atom stereocenters. The van der Waals surface area contributed by atoms with Gasteiger partial charge in [0.2, 0.25) is 5.91 Å². The molecule has 9 heteroatoms. The molecule has 0 aliphatic carbocycles. The zero-order chi connectivity index (χ0) is 41.4. The first-order chi connectivity index (χ1) is 27.0. The number of likely N-dealkylation sites (N-methyl/N-ethyl adjacent to an activating group) is 1. The normalized spacial score (nSPS) is 14.6. The minimum absolute atomic E-state index is 0.0683. The number of rotatable bonds is 42. The number of hydrogen-bond donors (Lipinski definition) is 3. The molecule has 0 aliphatic rings. The number of amides is 1. The second-order valence-corrected chi connectivity index (χ2v) is 18.6. The lowest BCUT2D eigenvalue weighted by Gasteiger charge is -2.26. The van der Waals surface area contributed by atoms with Gasteiger partial charge in [0, 0.05) is 6.42 Å². The Balaban J connectivity index is 4.30. The van der Waals surface area contributed by atoms with Crippen molar-refractivity contribution < 1.29 is 32.9 Å². The van der Waals surface area contributed by atoms with Crippen LogP contribution in [0.1, 0.15) is 206 Å². The summed E-state index contributed by atoms with van der Waals surface area (Å²) in [6, 6.07) is -0.775. The number of carbonyl (C=O) groups is 1. The topological polar surface area (TPSA) is 105 Å². The minimum Gasteiger partial charge on any atom is -0.391 e. The number of nitrogens with one attached hydrogen (secondary N) is 1. The van der Waals surface area contributed by atoms with Gasteiger partial charge in [0.05, 0.1) is 39.9 Å². The molecule has 56 heavy (non-hydrogen) atoms. The van der Waals surface area contributed by atoms with E-state index in [0.717, 1.165) is 64.2 Å². The van der Waals surface area contributed by atoms with Crippen molar-refractivity contribution in [2.24, 2.45) is 0 Å². The van der Waals surface area contributed by atoms with E-state index in [4.69, 9.17) is 9.05 Å². The van der Waals surface area contributed by atoms with Crippen LogP contribution in [0.3, 0.4) is 0 Å². The number of phosphoric acid groups is 1. The second kappa shape index (κ2) is 39.2. The van der Waals surface area contributed by atoms with Crippen molar-refractivity contribution in [3.8, 4) is 0 Å². The first-order valence-corrected chi connectivity index (χ1v) is 24.8. The highest BCUT2D eigenvalue weighted by atomic mass is 31.2. The van der Waals surface area contributed by atoms with Gasteiger partial charge in [-0.25, -0.2) is 4.57 Å². The highest BCUT2D eigenvalue weighted by molar-refractivity contribution is 7.47. The second-order valence-electron chi connectivity index (χ2n) is 17.1. The van der Waals surface area contributed by atoms with Gasteiger partial charge in [0.25, 0.3) is 0 Å². The number of phosphoric ester groups is 1. The van der Waals surface area contributed by atoms with Crippen molar-refractivity contribution >= 4 is 13.7 Å². The van der Waals surface area contributed by atoms with E-state index in [2.05, 4.69) is 55.6 Å². The van der Waals surface area contributed by atoms with E-state index in [1.165, 1.54) is 116 Å². The summed E-state index contributed by atoms with van der Waals surface area (Å²) >= 11 is 0. The molecule has 0 spiro atoms. The van der Waals surface area contributed by atoms with Crippen molar-refractivity contribution in [2.45, 2.75) is 219 Å². The van der Waals surface area contributed by atoms with Gasteiger partial charge in [-0.15, -0.1) is 0 Å². The van der Waals surface area contributed by atoms with Crippen LogP contribution >= 0.6 is 7.82 Å². The number of aliphatic hydroxyl groups excluding tert-OH is 1. The van der Waals surface area contributed by atoms with Gasteiger partial charge in [0.15, 0.2) is 0 Å². The fourth-order valence-electron chi connectivity index (χ4n) is 6.71. The van der Waals surface area contributed by atoms with Crippen molar-refractivity contribution in [3.05, 3.63) is 36.5 Å². The minimum atomic E-state index is -4.32. The van der Waals surface area contributed by atoms with E-state index in [9.17, 15) is 19.4 Å². The van der Waals surface area contributed by atoms with E-state index in [1.807, 2.05) is 21.1 Å². The monoisotopic (exact) mass is 812 g/mol. The summed E-state index contributed by atoms with van der Waals surface area (Å²) in [7, 11) is 1.59. The van der Waals surface area contributed by atoms with Gasteiger partial charge in [0.1, 0.15) is 13.2 Å². The molecule has 3 N–H and O–H groups in total. The largest absolute Gasteiger partial charge is 0.472 e. The van der Waals surface area contributed by atoms with Crippen LogP contribution in [0.2, 0.25) is 0 Å². The fourth-order valence-corrected chi connectivity index (χ4v) is 7.44. The predicted octanol–water partition coefficient (Wildman–Crippen LogP) is 13.1. The van der Waals surface area contributed by atoms with Crippen molar-refractivity contribution in [2.75, 3.05) is 40.9 Å². The zero-order valence-corrected chi connectivity index (χ0v) is 38.3. The highest BCUT2D eigenvalue weighted by Crippen LogP contribution is 2.43. The summed E-state index contributed by atoms with van der Waals surface area (Å²) in [6.45, 7) is 4.75. The molecule has 0 saturated carbocycles. The average Bonchev–Trinajstić information content (AvgIpc) is 3.15. The summed E-state index contributed by atoms with van der Waals surface area (Å²) in [6.07, 6.45) is 47.5. The van der Waals surface area contributed by atoms with E-state index < -0.39 is 20.0 Å². The van der Waals surface area contributed by atoms with Crippen molar-refractivity contribution in [3.63, 3.8) is 0 Å². The molecule has 0 aromatic heterocycles. The lowest BCUT2D eigenvalue weighted by molar-refractivity contribution is -0.870. The Kier molecular flexibility index (Phi) is 38.3. The van der Waals surface area contributed by atoms with Gasteiger partial charge < -0.3 is 19.8 Å². The number of nitrogens with zero attached hydrogens (tertiary/aromatic N) is 1. The van der Waals surface area contributed by atoms with Gasteiger partial charge in [-0.3, -0.25) is 13.8 Å². The Labute approximate surface area is 347 Å². The Morgan fingerprint density at radius 2 is 1.07 bits per heavy atom. The van der Waals surface area contributed by atoms with Crippen LogP contribution in [-0.4, -0.2) is 73.4 Å². The molecule has 1 amide bonds. The van der Waals surface area contributed by atoms with Gasteiger partial charge in [-0.2, -0.15) is 0 Å². The molecule has 0 aromatic rings. The van der Waals surface area contributed by atoms with Crippen LogP contribution in [0, 0.1) is 0 Å². The number of carbonyl (C=O) groups excluding carboxylic acids is 1. The smallest absolute Gasteiger partial charge is 0.391 e. The molecule has 0 radical (unpaired) electrons. The lowest BCUT2D eigenvalue weighted by atomic mass is 10.0. The first kappa shape index (κ1) is 54.7. The molecule has 3 atom stereocenters. The van der Waals surface area contributed by atoms with Crippen LogP contribution in [0.15, 0.2) is 36.5 Å². The Bertz CT molecular complexity index is 1010.